The average Bonchev–Trinajstić information content (AvgIpc) is 4.00. The van der Waals surface area contributed by atoms with Gasteiger partial charge in [-0.25, -0.2) is 19.3 Å². The van der Waals surface area contributed by atoms with Crippen LogP contribution in [0.25, 0.3) is 44.3 Å². The third kappa shape index (κ3) is 7.06. The number of fused-ring (bicyclic) bond motifs is 2. The molecule has 0 bridgehead atoms. The van der Waals surface area contributed by atoms with E-state index in [9.17, 15) is 15.0 Å². The highest BCUT2D eigenvalue weighted by Crippen LogP contribution is 2.45. The van der Waals surface area contributed by atoms with Gasteiger partial charge in [0.25, 0.3) is 0 Å². The third-order valence-corrected chi connectivity index (χ3v) is 11.4. The number of benzene rings is 2. The first-order chi connectivity index (χ1) is 27.3. The number of aliphatic hydroxyl groups is 2. The number of aliphatic hydroxyl groups excluding tert-OH is 2. The van der Waals surface area contributed by atoms with E-state index in [2.05, 4.69) is 21.4 Å². The Kier molecular flexibility index (Phi) is 9.38. The molecule has 4 atom stereocenters. The largest absolute Gasteiger partial charge is 0.443 e. The molecule has 3 N–H and O–H groups in total. The number of nitrogens with zero attached hydrogens (tertiary/aromatic N) is 5. The summed E-state index contributed by atoms with van der Waals surface area (Å²) in [6.07, 6.45) is 3.56. The molecule has 10 rings (SSSR count). The number of aromatic nitrogens is 6. The second-order valence-corrected chi connectivity index (χ2v) is 17.0. The summed E-state index contributed by atoms with van der Waals surface area (Å²) in [4.78, 5) is 26.4. The zero-order valence-corrected chi connectivity index (χ0v) is 33.5. The molecule has 0 amide bonds. The predicted molar refractivity (Wildman–Crippen MR) is 210 cm³/mol. The molecule has 0 spiro atoms. The number of hydrogen-bond donors (Lipinski definition) is 3. The predicted octanol–water partition coefficient (Wildman–Crippen LogP) is 8.33. The van der Waals surface area contributed by atoms with Gasteiger partial charge in [-0.1, -0.05) is 10.3 Å². The maximum atomic E-state index is 13.3. The summed E-state index contributed by atoms with van der Waals surface area (Å²) in [5.74, 6) is 3.90. The van der Waals surface area contributed by atoms with Crippen LogP contribution in [0.3, 0.4) is 0 Å². The molecule has 14 heteroatoms. The summed E-state index contributed by atoms with van der Waals surface area (Å²) >= 11 is 0. The Morgan fingerprint density at radius 3 is 1.75 bits per heavy atom. The van der Waals surface area contributed by atoms with Crippen molar-refractivity contribution >= 4 is 28.2 Å². The molecule has 2 aliphatic heterocycles. The van der Waals surface area contributed by atoms with Crippen LogP contribution in [0.1, 0.15) is 129 Å². The normalized spacial score (nSPS) is 20.5. The number of imidazole rings is 2. The minimum Gasteiger partial charge on any atom is -0.443 e. The van der Waals surface area contributed by atoms with Crippen LogP contribution in [0.4, 0.5) is 4.79 Å². The SMILES string of the molecule is Cc1noc(C)c1-c1cc(C(O)C2CCO2)c2nc(C3CC3)[nH]c2c1.Cc1noc(C)c1-c1cc(C(O)C2CCO2)c2nc(C3CC3)n(C(=O)OC(C)(C)C)c2c1. The van der Waals surface area contributed by atoms with Gasteiger partial charge in [0.15, 0.2) is 0 Å². The topological polar surface area (TPSA) is 184 Å². The van der Waals surface area contributed by atoms with Gasteiger partial charge in [-0.15, -0.1) is 0 Å². The van der Waals surface area contributed by atoms with Gasteiger partial charge < -0.3 is 38.5 Å². The van der Waals surface area contributed by atoms with Crippen LogP contribution >= 0.6 is 0 Å². The number of carbonyl (C=O) groups is 1. The molecule has 2 aromatic carbocycles. The molecule has 2 saturated carbocycles. The number of aryl methyl sites for hydroxylation is 4. The van der Waals surface area contributed by atoms with Crippen molar-refractivity contribution in [3.05, 3.63) is 69.9 Å². The quantitative estimate of drug-likeness (QED) is 0.134. The van der Waals surface area contributed by atoms with Crippen LogP contribution in [0.2, 0.25) is 0 Å². The van der Waals surface area contributed by atoms with Crippen LogP contribution in [-0.2, 0) is 14.2 Å². The van der Waals surface area contributed by atoms with E-state index in [1.165, 1.54) is 12.8 Å². The Bertz CT molecular complexity index is 2450. The molecule has 57 heavy (non-hydrogen) atoms. The average molecular weight is 779 g/mol. The standard InChI is InChI=1S/C24H29N3O5.C19H21N3O3/c1-12-19(13(2)32-26-12)15-10-16(21(28)18-8-9-30-18)20-17(11-15)27(22(25-20)14-6-7-14)23(29)31-24(3,4)5;1-9-16(10(2)25-22-9)12-7-13(18(23)15-5-6-24-15)17-14(8-12)20-19(21-17)11-3-4-11/h10-11,14,18,21,28H,6-9H2,1-5H3;7-8,11,15,18,23H,3-6H2,1-2H3,(H,20,21). The van der Waals surface area contributed by atoms with E-state index in [1.54, 1.807) is 4.57 Å². The molecule has 300 valence electrons. The summed E-state index contributed by atoms with van der Waals surface area (Å²) in [5, 5.41) is 30.1. The van der Waals surface area contributed by atoms with Gasteiger partial charge in [-0.2, -0.15) is 0 Å². The number of ether oxygens (including phenoxy) is 3. The highest BCUT2D eigenvalue weighted by molar-refractivity contribution is 5.93. The van der Waals surface area contributed by atoms with Crippen molar-refractivity contribution < 1.29 is 38.3 Å². The summed E-state index contributed by atoms with van der Waals surface area (Å²) in [6, 6.07) is 7.93. The van der Waals surface area contributed by atoms with Gasteiger partial charge in [0.05, 0.1) is 45.7 Å². The van der Waals surface area contributed by atoms with Gasteiger partial charge in [0.2, 0.25) is 0 Å². The van der Waals surface area contributed by atoms with Crippen LogP contribution in [0, 0.1) is 27.7 Å². The van der Waals surface area contributed by atoms with Crippen molar-refractivity contribution in [3.63, 3.8) is 0 Å². The number of H-pyrrole nitrogens is 1. The zero-order chi connectivity index (χ0) is 39.9. The fourth-order valence-corrected chi connectivity index (χ4v) is 7.99. The summed E-state index contributed by atoms with van der Waals surface area (Å²) < 4.78 is 29.1. The van der Waals surface area contributed by atoms with Crippen molar-refractivity contribution in [2.75, 3.05) is 13.2 Å². The molecule has 6 aromatic rings. The number of rotatable bonds is 8. The lowest BCUT2D eigenvalue weighted by Gasteiger charge is -2.31. The maximum Gasteiger partial charge on any atom is 0.420 e. The minimum atomic E-state index is -0.847. The molecule has 0 radical (unpaired) electrons. The van der Waals surface area contributed by atoms with E-state index in [-0.39, 0.29) is 18.1 Å². The number of carbonyl (C=O) groups excluding carboxylic acids is 1. The molecule has 4 aromatic heterocycles. The third-order valence-electron chi connectivity index (χ3n) is 11.4. The zero-order valence-electron chi connectivity index (χ0n) is 33.5. The summed E-state index contributed by atoms with van der Waals surface area (Å²) in [7, 11) is 0. The summed E-state index contributed by atoms with van der Waals surface area (Å²) in [6.45, 7) is 14.5. The second kappa shape index (κ2) is 14.2. The first-order valence-electron chi connectivity index (χ1n) is 20.0. The second-order valence-electron chi connectivity index (χ2n) is 17.0. The maximum absolute atomic E-state index is 13.3. The Balaban J connectivity index is 0.000000153. The van der Waals surface area contributed by atoms with E-state index in [4.69, 9.17) is 33.2 Å². The molecule has 14 nitrogen and oxygen atoms in total. The lowest BCUT2D eigenvalue weighted by atomic mass is 9.94. The fraction of sp³-hybridized carbons (Fsp3) is 0.512. The van der Waals surface area contributed by atoms with Crippen molar-refractivity contribution in [1.29, 1.82) is 0 Å². The van der Waals surface area contributed by atoms with E-state index in [0.717, 1.165) is 87.5 Å². The van der Waals surface area contributed by atoms with Crippen molar-refractivity contribution in [3.8, 4) is 22.3 Å². The van der Waals surface area contributed by atoms with E-state index in [1.807, 2.05) is 66.7 Å². The Morgan fingerprint density at radius 2 is 1.30 bits per heavy atom. The van der Waals surface area contributed by atoms with E-state index < -0.39 is 23.9 Å². The molecule has 6 heterocycles. The van der Waals surface area contributed by atoms with Gasteiger partial charge in [-0.3, -0.25) is 0 Å². The van der Waals surface area contributed by atoms with Gasteiger partial charge in [-0.05, 0) is 122 Å². The van der Waals surface area contributed by atoms with Crippen LogP contribution in [0.15, 0.2) is 33.3 Å². The van der Waals surface area contributed by atoms with Crippen molar-refractivity contribution in [2.24, 2.45) is 0 Å². The Morgan fingerprint density at radius 1 is 0.772 bits per heavy atom. The highest BCUT2D eigenvalue weighted by atomic mass is 16.6. The fourth-order valence-electron chi connectivity index (χ4n) is 7.99. The monoisotopic (exact) mass is 778 g/mol. The van der Waals surface area contributed by atoms with E-state index in [0.29, 0.717) is 47.3 Å². The van der Waals surface area contributed by atoms with Gasteiger partial charge in [0.1, 0.15) is 41.0 Å². The van der Waals surface area contributed by atoms with Crippen molar-refractivity contribution in [2.45, 2.75) is 129 Å². The highest BCUT2D eigenvalue weighted by Gasteiger charge is 2.37. The minimum absolute atomic E-state index is 0.149. The molecule has 4 fully saturated rings. The molecule has 2 saturated heterocycles. The van der Waals surface area contributed by atoms with Gasteiger partial charge in [0, 0.05) is 47.3 Å². The molecular formula is C43H50N6O8. The Hall–Kier alpha value is -4.89. The molecule has 4 aliphatic rings. The smallest absolute Gasteiger partial charge is 0.420 e. The molecular weight excluding hydrogens is 729 g/mol. The van der Waals surface area contributed by atoms with Crippen LogP contribution < -0.4 is 0 Å². The van der Waals surface area contributed by atoms with E-state index >= 15 is 0 Å². The van der Waals surface area contributed by atoms with Crippen LogP contribution in [-0.4, -0.2) is 77.2 Å². The first kappa shape index (κ1) is 37.7. The first-order valence-corrected chi connectivity index (χ1v) is 20.0. The summed E-state index contributed by atoms with van der Waals surface area (Å²) in [5.41, 5.74) is 9.07. The number of aromatic amines is 1. The van der Waals surface area contributed by atoms with Crippen molar-refractivity contribution in [1.82, 2.24) is 29.8 Å². The molecule has 2 aliphatic carbocycles. The van der Waals surface area contributed by atoms with Gasteiger partial charge >= 0.3 is 6.09 Å². The molecule has 4 unspecified atom stereocenters. The lowest BCUT2D eigenvalue weighted by molar-refractivity contribution is -0.117. The number of hydrogen-bond acceptors (Lipinski definition) is 12. The van der Waals surface area contributed by atoms with Crippen LogP contribution in [0.5, 0.6) is 0 Å². The lowest BCUT2D eigenvalue weighted by Crippen LogP contribution is -2.33. The Labute approximate surface area is 329 Å². The number of nitrogens with one attached hydrogen (secondary N) is 1.